The molecule has 0 aromatic heterocycles. The Kier molecular flexibility index (Phi) is 4.73. The minimum atomic E-state index is -0.537. The van der Waals surface area contributed by atoms with Crippen LogP contribution in [0.2, 0.25) is 0 Å². The molecule has 0 fully saturated rings. The quantitative estimate of drug-likeness (QED) is 0.785. The highest BCUT2D eigenvalue weighted by molar-refractivity contribution is 5.22. The summed E-state index contributed by atoms with van der Waals surface area (Å²) in [7, 11) is 0. The molecule has 0 amide bonds. The van der Waals surface area contributed by atoms with Gasteiger partial charge in [0.25, 0.3) is 0 Å². The van der Waals surface area contributed by atoms with E-state index in [1.165, 1.54) is 5.56 Å². The van der Waals surface area contributed by atoms with Crippen molar-refractivity contribution in [3.8, 4) is 12.1 Å². The van der Waals surface area contributed by atoms with Gasteiger partial charge in [0.2, 0.25) is 0 Å². The minimum Gasteiger partial charge on any atom is -0.197 e. The molecule has 88 valence electrons. The van der Waals surface area contributed by atoms with Crippen LogP contribution < -0.4 is 0 Å². The van der Waals surface area contributed by atoms with Crippen LogP contribution in [-0.2, 0) is 0 Å². The fraction of sp³-hybridized carbons (Fsp3) is 0.467. The predicted molar refractivity (Wildman–Crippen MR) is 67.9 cm³/mol. The Morgan fingerprint density at radius 3 is 1.88 bits per heavy atom. The largest absolute Gasteiger partial charge is 0.197 e. The van der Waals surface area contributed by atoms with Gasteiger partial charge < -0.3 is 0 Å². The van der Waals surface area contributed by atoms with Gasteiger partial charge in [0.15, 0.2) is 0 Å². The fourth-order valence-electron chi connectivity index (χ4n) is 2.43. The number of rotatable bonds is 4. The lowest BCUT2D eigenvalue weighted by Gasteiger charge is -2.28. The molecule has 0 radical (unpaired) electrons. The highest BCUT2D eigenvalue weighted by Gasteiger charge is 2.30. The highest BCUT2D eigenvalue weighted by atomic mass is 14.4. The molecule has 2 heteroatoms. The average molecular weight is 226 g/mol. The molecule has 2 atom stereocenters. The van der Waals surface area contributed by atoms with Gasteiger partial charge in [-0.25, -0.2) is 0 Å². The van der Waals surface area contributed by atoms with Crippen LogP contribution in [0.25, 0.3) is 0 Å². The lowest BCUT2D eigenvalue weighted by Crippen LogP contribution is -2.24. The van der Waals surface area contributed by atoms with Crippen molar-refractivity contribution in [2.75, 3.05) is 0 Å². The van der Waals surface area contributed by atoms with Crippen LogP contribution in [0.15, 0.2) is 30.3 Å². The molecule has 0 saturated carbocycles. The molecule has 0 unspecified atom stereocenters. The smallest absolute Gasteiger partial charge is 0.136 e. The lowest BCUT2D eigenvalue weighted by atomic mass is 9.73. The van der Waals surface area contributed by atoms with E-state index in [4.69, 9.17) is 10.5 Å². The van der Waals surface area contributed by atoms with Gasteiger partial charge in [0.05, 0.1) is 12.1 Å². The summed E-state index contributed by atoms with van der Waals surface area (Å²) in [5, 5.41) is 18.1. The number of nitrogens with zero attached hydrogens (tertiary/aromatic N) is 2. The van der Waals surface area contributed by atoms with E-state index in [-0.39, 0.29) is 11.8 Å². The van der Waals surface area contributed by atoms with Crippen LogP contribution in [0, 0.1) is 40.4 Å². The molecule has 0 aliphatic carbocycles. The van der Waals surface area contributed by atoms with Crippen LogP contribution in [0.5, 0.6) is 0 Å². The van der Waals surface area contributed by atoms with Crippen LogP contribution in [0.3, 0.4) is 0 Å². The average Bonchev–Trinajstić information content (AvgIpc) is 2.35. The summed E-state index contributed by atoms with van der Waals surface area (Å²) in [5.74, 6) is 0.0765. The molecule has 0 aliphatic heterocycles. The van der Waals surface area contributed by atoms with Crippen LogP contribution in [0.1, 0.15) is 32.3 Å². The Morgan fingerprint density at radius 1 is 0.941 bits per heavy atom. The van der Waals surface area contributed by atoms with Crippen LogP contribution in [-0.4, -0.2) is 0 Å². The Labute approximate surface area is 104 Å². The van der Waals surface area contributed by atoms with E-state index in [9.17, 15) is 0 Å². The van der Waals surface area contributed by atoms with Crippen molar-refractivity contribution in [1.29, 1.82) is 10.5 Å². The van der Waals surface area contributed by atoms with Crippen molar-refractivity contribution in [3.05, 3.63) is 35.9 Å². The Hall–Kier alpha value is -1.80. The highest BCUT2D eigenvalue weighted by Crippen LogP contribution is 2.35. The molecule has 2 nitrogen and oxygen atoms in total. The minimum absolute atomic E-state index is 0.0763. The maximum Gasteiger partial charge on any atom is 0.136 e. The van der Waals surface area contributed by atoms with Crippen molar-refractivity contribution >= 4 is 0 Å². The fourth-order valence-corrected chi connectivity index (χ4v) is 2.43. The van der Waals surface area contributed by atoms with Crippen molar-refractivity contribution in [3.63, 3.8) is 0 Å². The summed E-state index contributed by atoms with van der Waals surface area (Å²) in [6.07, 6.45) is 0. The molecule has 0 bridgehead atoms. The van der Waals surface area contributed by atoms with Crippen LogP contribution >= 0.6 is 0 Å². The molecule has 1 rings (SSSR count). The molecule has 1 aromatic rings. The van der Waals surface area contributed by atoms with Gasteiger partial charge in [0.1, 0.15) is 5.92 Å². The Morgan fingerprint density at radius 2 is 1.47 bits per heavy atom. The van der Waals surface area contributed by atoms with E-state index in [0.717, 1.165) is 0 Å². The summed E-state index contributed by atoms with van der Waals surface area (Å²) < 4.78 is 0. The van der Waals surface area contributed by atoms with Crippen molar-refractivity contribution < 1.29 is 0 Å². The molecular formula is C15H18N2. The van der Waals surface area contributed by atoms with Crippen molar-refractivity contribution in [1.82, 2.24) is 0 Å². The van der Waals surface area contributed by atoms with Gasteiger partial charge in [-0.05, 0) is 23.3 Å². The van der Waals surface area contributed by atoms with Gasteiger partial charge in [-0.3, -0.25) is 0 Å². The van der Waals surface area contributed by atoms with Crippen molar-refractivity contribution in [2.24, 2.45) is 17.8 Å². The summed E-state index contributed by atoms with van der Waals surface area (Å²) >= 11 is 0. The lowest BCUT2D eigenvalue weighted by molar-refractivity contribution is 0.295. The van der Waals surface area contributed by atoms with E-state index in [2.05, 4.69) is 45.0 Å². The molecular weight excluding hydrogens is 208 g/mol. The zero-order valence-corrected chi connectivity index (χ0v) is 10.6. The first kappa shape index (κ1) is 13.3. The third-order valence-electron chi connectivity index (χ3n) is 3.34. The van der Waals surface area contributed by atoms with E-state index in [1.54, 1.807) is 0 Å². The van der Waals surface area contributed by atoms with E-state index in [0.29, 0.717) is 5.92 Å². The number of benzene rings is 1. The monoisotopic (exact) mass is 226 g/mol. The van der Waals surface area contributed by atoms with E-state index >= 15 is 0 Å². The molecule has 0 aliphatic rings. The third-order valence-corrected chi connectivity index (χ3v) is 3.34. The number of hydrogen-bond donors (Lipinski definition) is 0. The second-order valence-electron chi connectivity index (χ2n) is 4.76. The topological polar surface area (TPSA) is 47.6 Å². The molecule has 0 spiro atoms. The van der Waals surface area contributed by atoms with E-state index in [1.807, 2.05) is 18.2 Å². The number of nitriles is 2. The standard InChI is InChI=1S/C15H18N2/c1-11(2)15(14(9-16)10-17)12(3)13-7-5-4-6-8-13/h4-8,11-12,14-15H,1-3H3/t12-,15-/m0/s1. The molecule has 0 saturated heterocycles. The first-order valence-electron chi connectivity index (χ1n) is 5.96. The summed E-state index contributed by atoms with van der Waals surface area (Å²) in [6.45, 7) is 6.25. The SMILES string of the molecule is CC(C)[C@H](C(C#N)C#N)[C@@H](C)c1ccccc1. The predicted octanol–water partition coefficient (Wildman–Crippen LogP) is 3.73. The van der Waals surface area contributed by atoms with Gasteiger partial charge >= 0.3 is 0 Å². The molecule has 0 N–H and O–H groups in total. The van der Waals surface area contributed by atoms with Gasteiger partial charge in [-0.1, -0.05) is 51.1 Å². The first-order chi connectivity index (χ1) is 8.11. The van der Waals surface area contributed by atoms with Gasteiger partial charge in [0, 0.05) is 0 Å². The second kappa shape index (κ2) is 6.06. The zero-order valence-electron chi connectivity index (χ0n) is 10.6. The van der Waals surface area contributed by atoms with Crippen LogP contribution in [0.4, 0.5) is 0 Å². The van der Waals surface area contributed by atoms with Gasteiger partial charge in [-0.2, -0.15) is 10.5 Å². The Balaban J connectivity index is 3.02. The second-order valence-corrected chi connectivity index (χ2v) is 4.76. The number of hydrogen-bond acceptors (Lipinski definition) is 2. The molecule has 0 heterocycles. The summed E-state index contributed by atoms with van der Waals surface area (Å²) in [6, 6.07) is 14.3. The summed E-state index contributed by atoms with van der Waals surface area (Å²) in [5.41, 5.74) is 1.20. The van der Waals surface area contributed by atoms with E-state index < -0.39 is 5.92 Å². The summed E-state index contributed by atoms with van der Waals surface area (Å²) in [4.78, 5) is 0. The first-order valence-corrected chi connectivity index (χ1v) is 5.96. The molecule has 1 aromatic carbocycles. The normalized spacial score (nSPS) is 14.1. The maximum absolute atomic E-state index is 9.07. The molecule has 17 heavy (non-hydrogen) atoms. The maximum atomic E-state index is 9.07. The van der Waals surface area contributed by atoms with Gasteiger partial charge in [-0.15, -0.1) is 0 Å². The van der Waals surface area contributed by atoms with Crippen molar-refractivity contribution in [2.45, 2.75) is 26.7 Å². The Bertz CT molecular complexity index is 408. The zero-order chi connectivity index (χ0) is 12.8. The third kappa shape index (κ3) is 3.08.